The zero-order valence-electron chi connectivity index (χ0n) is 17.0. The summed E-state index contributed by atoms with van der Waals surface area (Å²) in [7, 11) is 0. The fourth-order valence-electron chi connectivity index (χ4n) is 3.64. The molecule has 9 heteroatoms. The summed E-state index contributed by atoms with van der Waals surface area (Å²) in [5.41, 5.74) is 2.66. The van der Waals surface area contributed by atoms with Gasteiger partial charge in [0, 0.05) is 33.0 Å². The highest BCUT2D eigenvalue weighted by Crippen LogP contribution is 2.38. The predicted molar refractivity (Wildman–Crippen MR) is 126 cm³/mol. The van der Waals surface area contributed by atoms with Crippen LogP contribution in [0.4, 0.5) is 5.82 Å². The standard InChI is InChI=1S/C21H24BrN5OS2/c1-3-8-27-20(16-11-29-17-9-13(2)4-6-15(16)17)25-26-21(27)30-12-19(28)24-18-7-5-14(22)10-23-18/h5,7,10-11,13H,3-4,6,8-9,12H2,1-2H3,(H,23,24,28). The van der Waals surface area contributed by atoms with Gasteiger partial charge in [0.05, 0.1) is 5.75 Å². The first kappa shape index (κ1) is 21.5. The molecular formula is C21H24BrN5OS2. The van der Waals surface area contributed by atoms with E-state index >= 15 is 0 Å². The van der Waals surface area contributed by atoms with Crippen LogP contribution in [-0.4, -0.2) is 31.4 Å². The van der Waals surface area contributed by atoms with Crippen molar-refractivity contribution in [2.45, 2.75) is 51.2 Å². The van der Waals surface area contributed by atoms with Crippen LogP contribution in [0.5, 0.6) is 0 Å². The van der Waals surface area contributed by atoms with Crippen LogP contribution in [0.1, 0.15) is 37.1 Å². The minimum atomic E-state index is -0.107. The van der Waals surface area contributed by atoms with Gasteiger partial charge in [0.25, 0.3) is 0 Å². The van der Waals surface area contributed by atoms with Crippen molar-refractivity contribution in [2.75, 3.05) is 11.1 Å². The molecule has 0 aromatic carbocycles. The van der Waals surface area contributed by atoms with Gasteiger partial charge in [0.1, 0.15) is 5.82 Å². The molecule has 1 aliphatic rings. The number of pyridine rings is 1. The number of aromatic nitrogens is 4. The Bertz CT molecular complexity index is 1030. The van der Waals surface area contributed by atoms with Crippen molar-refractivity contribution in [3.8, 4) is 11.4 Å². The normalized spacial score (nSPS) is 15.8. The second-order valence-corrected chi connectivity index (χ2v) is 10.4. The smallest absolute Gasteiger partial charge is 0.236 e. The van der Waals surface area contributed by atoms with Gasteiger partial charge in [0.2, 0.25) is 5.91 Å². The number of fused-ring (bicyclic) bond motifs is 1. The molecule has 1 N–H and O–H groups in total. The summed E-state index contributed by atoms with van der Waals surface area (Å²) in [5.74, 6) is 2.38. The Morgan fingerprint density at radius 3 is 3.03 bits per heavy atom. The first-order chi connectivity index (χ1) is 14.5. The van der Waals surface area contributed by atoms with Crippen molar-refractivity contribution in [1.82, 2.24) is 19.7 Å². The molecule has 4 rings (SSSR count). The van der Waals surface area contributed by atoms with Gasteiger partial charge >= 0.3 is 0 Å². The average molecular weight is 506 g/mol. The zero-order chi connectivity index (χ0) is 21.1. The van der Waals surface area contributed by atoms with Crippen LogP contribution in [0.3, 0.4) is 0 Å². The van der Waals surface area contributed by atoms with E-state index in [1.165, 1.54) is 34.2 Å². The third-order valence-corrected chi connectivity index (χ3v) is 7.62. The predicted octanol–water partition coefficient (Wildman–Crippen LogP) is 5.43. The molecule has 0 aliphatic heterocycles. The van der Waals surface area contributed by atoms with Gasteiger partial charge in [-0.05, 0) is 65.2 Å². The number of nitrogens with one attached hydrogen (secondary N) is 1. The summed E-state index contributed by atoms with van der Waals surface area (Å²) in [6.45, 7) is 5.31. The van der Waals surface area contributed by atoms with Gasteiger partial charge in [-0.3, -0.25) is 4.79 Å². The summed E-state index contributed by atoms with van der Waals surface area (Å²) >= 11 is 6.61. The average Bonchev–Trinajstić information content (AvgIpc) is 3.32. The van der Waals surface area contributed by atoms with E-state index in [-0.39, 0.29) is 11.7 Å². The number of carbonyl (C=O) groups is 1. The van der Waals surface area contributed by atoms with Gasteiger partial charge in [0.15, 0.2) is 11.0 Å². The topological polar surface area (TPSA) is 72.7 Å². The molecule has 30 heavy (non-hydrogen) atoms. The summed E-state index contributed by atoms with van der Waals surface area (Å²) < 4.78 is 3.04. The van der Waals surface area contributed by atoms with Crippen LogP contribution in [0.25, 0.3) is 11.4 Å². The Balaban J connectivity index is 1.49. The van der Waals surface area contributed by atoms with E-state index in [9.17, 15) is 4.79 Å². The number of hydrogen-bond acceptors (Lipinski definition) is 6. The number of thiophene rings is 1. The number of hydrogen-bond donors (Lipinski definition) is 1. The minimum Gasteiger partial charge on any atom is -0.310 e. The van der Waals surface area contributed by atoms with Gasteiger partial charge in [-0.25, -0.2) is 4.98 Å². The molecule has 0 bridgehead atoms. The van der Waals surface area contributed by atoms with Crippen LogP contribution in [0.2, 0.25) is 0 Å². The van der Waals surface area contributed by atoms with E-state index in [2.05, 4.69) is 60.2 Å². The zero-order valence-corrected chi connectivity index (χ0v) is 20.2. The fourth-order valence-corrected chi connectivity index (χ4v) is 5.89. The number of amides is 1. The quantitative estimate of drug-likeness (QED) is 0.433. The van der Waals surface area contributed by atoms with E-state index in [0.717, 1.165) is 47.2 Å². The molecule has 0 fully saturated rings. The van der Waals surface area contributed by atoms with Gasteiger partial charge in [-0.15, -0.1) is 21.5 Å². The van der Waals surface area contributed by atoms with E-state index in [4.69, 9.17) is 0 Å². The molecule has 1 atom stereocenters. The Kier molecular flexibility index (Phi) is 6.90. The lowest BCUT2D eigenvalue weighted by Gasteiger charge is -2.19. The minimum absolute atomic E-state index is 0.107. The summed E-state index contributed by atoms with van der Waals surface area (Å²) in [6.07, 6.45) is 6.14. The lowest BCUT2D eigenvalue weighted by atomic mass is 9.88. The van der Waals surface area contributed by atoms with Crippen molar-refractivity contribution in [1.29, 1.82) is 0 Å². The Morgan fingerprint density at radius 2 is 2.27 bits per heavy atom. The molecule has 1 amide bonds. The van der Waals surface area contributed by atoms with Crippen molar-refractivity contribution in [3.05, 3.63) is 38.6 Å². The number of thioether (sulfide) groups is 1. The van der Waals surface area contributed by atoms with Crippen LogP contribution < -0.4 is 5.32 Å². The maximum atomic E-state index is 12.4. The molecule has 0 radical (unpaired) electrons. The van der Waals surface area contributed by atoms with Crippen LogP contribution >= 0.6 is 39.0 Å². The maximum absolute atomic E-state index is 12.4. The molecular weight excluding hydrogens is 482 g/mol. The van der Waals surface area contributed by atoms with Crippen LogP contribution in [-0.2, 0) is 24.2 Å². The number of nitrogens with zero attached hydrogens (tertiary/aromatic N) is 4. The van der Waals surface area contributed by atoms with E-state index in [0.29, 0.717) is 5.82 Å². The SMILES string of the molecule is CCCn1c(SCC(=O)Nc2ccc(Br)cn2)nnc1-c1csc2c1CCC(C)C2. The lowest BCUT2D eigenvalue weighted by molar-refractivity contribution is -0.113. The summed E-state index contributed by atoms with van der Waals surface area (Å²) in [6, 6.07) is 3.62. The number of carbonyl (C=O) groups excluding carboxylic acids is 1. The molecule has 0 saturated heterocycles. The lowest BCUT2D eigenvalue weighted by Crippen LogP contribution is -2.15. The molecule has 6 nitrogen and oxygen atoms in total. The maximum Gasteiger partial charge on any atom is 0.236 e. The van der Waals surface area contributed by atoms with Gasteiger partial charge < -0.3 is 9.88 Å². The number of rotatable bonds is 7. The third-order valence-electron chi connectivity index (χ3n) is 5.13. The first-order valence-electron chi connectivity index (χ1n) is 10.1. The van der Waals surface area contributed by atoms with Crippen LogP contribution in [0.15, 0.2) is 33.3 Å². The van der Waals surface area contributed by atoms with Crippen molar-refractivity contribution < 1.29 is 4.79 Å². The second-order valence-electron chi connectivity index (χ2n) is 7.56. The molecule has 0 spiro atoms. The highest BCUT2D eigenvalue weighted by atomic mass is 79.9. The molecule has 1 unspecified atom stereocenters. The molecule has 0 saturated carbocycles. The van der Waals surface area contributed by atoms with Gasteiger partial charge in [-0.2, -0.15) is 0 Å². The molecule has 1 aliphatic carbocycles. The second kappa shape index (κ2) is 9.62. The highest BCUT2D eigenvalue weighted by Gasteiger charge is 2.24. The number of anilines is 1. The van der Waals surface area contributed by atoms with Crippen molar-refractivity contribution >= 4 is 50.8 Å². The van der Waals surface area contributed by atoms with Crippen LogP contribution in [0, 0.1) is 5.92 Å². The Labute approximate surface area is 193 Å². The van der Waals surface area contributed by atoms with Crippen molar-refractivity contribution in [2.24, 2.45) is 5.92 Å². The van der Waals surface area contributed by atoms with E-state index in [1.54, 1.807) is 12.3 Å². The third kappa shape index (κ3) is 4.78. The highest BCUT2D eigenvalue weighted by molar-refractivity contribution is 9.10. The Hall–Kier alpha value is -1.71. The fraction of sp³-hybridized carbons (Fsp3) is 0.429. The monoisotopic (exact) mass is 505 g/mol. The molecule has 3 aromatic rings. The van der Waals surface area contributed by atoms with Gasteiger partial charge in [-0.1, -0.05) is 25.6 Å². The molecule has 3 aromatic heterocycles. The van der Waals surface area contributed by atoms with E-state index in [1.807, 2.05) is 17.4 Å². The summed E-state index contributed by atoms with van der Waals surface area (Å²) in [4.78, 5) is 18.0. The van der Waals surface area contributed by atoms with E-state index < -0.39 is 0 Å². The molecule has 3 heterocycles. The van der Waals surface area contributed by atoms with Crippen molar-refractivity contribution in [3.63, 3.8) is 0 Å². The largest absolute Gasteiger partial charge is 0.310 e. The molecule has 158 valence electrons. The first-order valence-corrected chi connectivity index (χ1v) is 12.8. The number of halogens is 1. The Morgan fingerprint density at radius 1 is 1.40 bits per heavy atom. The summed E-state index contributed by atoms with van der Waals surface area (Å²) in [5, 5.41) is 14.8.